The summed E-state index contributed by atoms with van der Waals surface area (Å²) in [5.74, 6) is -3.47. The molecule has 10 heteroatoms. The van der Waals surface area contributed by atoms with E-state index >= 15 is 0 Å². The van der Waals surface area contributed by atoms with Gasteiger partial charge in [0.15, 0.2) is 5.78 Å². The number of allylic oxidation sites excluding steroid dienone is 1. The van der Waals surface area contributed by atoms with Gasteiger partial charge in [-0.1, -0.05) is 69.0 Å². The molecule has 0 bridgehead atoms. The molecule has 0 fully saturated rings. The minimum absolute atomic E-state index is 0.0286. The fourth-order valence-corrected chi connectivity index (χ4v) is 3.82. The van der Waals surface area contributed by atoms with Crippen molar-refractivity contribution in [3.8, 4) is 0 Å². The highest BCUT2D eigenvalue weighted by atomic mass is 79.9. The molecule has 0 heterocycles. The Hall–Kier alpha value is -1.54. The number of carbonyl (C=O) groups is 2. The van der Waals surface area contributed by atoms with Gasteiger partial charge in [-0.2, -0.15) is 13.2 Å². The average Bonchev–Trinajstić information content (AvgIpc) is 2.63. The molecule has 3 nitrogen and oxygen atoms in total. The molecule has 0 aliphatic rings. The molecule has 0 aliphatic heterocycles. The van der Waals surface area contributed by atoms with E-state index in [2.05, 4.69) is 15.9 Å². The number of carbonyl (C=O) groups excluding carboxylic acids is 1. The normalized spacial score (nSPS) is 12.9. The van der Waals surface area contributed by atoms with Crippen LogP contribution in [0.5, 0.6) is 0 Å². The van der Waals surface area contributed by atoms with Gasteiger partial charge in [-0.05, 0) is 35.4 Å². The number of carboxylic acid groups (broad SMARTS) is 1. The van der Waals surface area contributed by atoms with E-state index in [4.69, 9.17) is 39.9 Å². The fourth-order valence-electron chi connectivity index (χ4n) is 2.59. The van der Waals surface area contributed by atoms with Crippen LogP contribution in [0.15, 0.2) is 40.9 Å². The molecule has 0 aromatic heterocycles. The Morgan fingerprint density at radius 3 is 2.17 bits per heavy atom. The minimum atomic E-state index is -4.61. The number of ketones is 1. The highest BCUT2D eigenvalue weighted by Crippen LogP contribution is 2.41. The third-order valence-corrected chi connectivity index (χ3v) is 5.91. The van der Waals surface area contributed by atoms with Crippen molar-refractivity contribution in [2.45, 2.75) is 24.9 Å². The van der Waals surface area contributed by atoms with E-state index < -0.39 is 23.8 Å². The smallest absolute Gasteiger partial charge is 0.399 e. The highest BCUT2D eigenvalue weighted by Gasteiger charge is 2.39. The average molecular weight is 545 g/mol. The molecular weight excluding hydrogens is 531 g/mol. The number of Topliss-reactive ketones (excluding diaryl/α,β-unsaturated/α-hetero) is 1. The number of rotatable bonds is 7. The fraction of sp³-hybridized carbons (Fsp3) is 0.200. The van der Waals surface area contributed by atoms with E-state index in [1.54, 1.807) is 0 Å². The van der Waals surface area contributed by atoms with Crippen molar-refractivity contribution in [1.82, 2.24) is 0 Å². The van der Waals surface area contributed by atoms with Crippen LogP contribution in [0.2, 0.25) is 15.1 Å². The van der Waals surface area contributed by atoms with Gasteiger partial charge in [0, 0.05) is 16.5 Å². The second kappa shape index (κ2) is 10.2. The van der Waals surface area contributed by atoms with Crippen LogP contribution >= 0.6 is 50.7 Å². The van der Waals surface area contributed by atoms with Crippen LogP contribution in [-0.2, 0) is 4.79 Å². The molecule has 160 valence electrons. The van der Waals surface area contributed by atoms with E-state index in [0.717, 1.165) is 18.2 Å². The number of hydrogen-bond donors (Lipinski definition) is 1. The second-order valence-corrected chi connectivity index (χ2v) is 8.28. The topological polar surface area (TPSA) is 54.4 Å². The van der Waals surface area contributed by atoms with E-state index in [0.29, 0.717) is 10.0 Å². The number of halogens is 7. The number of hydrogen-bond acceptors (Lipinski definition) is 2. The van der Waals surface area contributed by atoms with Gasteiger partial charge in [0.2, 0.25) is 0 Å². The Labute approximate surface area is 193 Å². The summed E-state index contributed by atoms with van der Waals surface area (Å²) >= 11 is 20.7. The van der Waals surface area contributed by atoms with Gasteiger partial charge in [-0.15, -0.1) is 0 Å². The lowest BCUT2D eigenvalue weighted by molar-refractivity contribution is -0.139. The first-order chi connectivity index (χ1) is 13.9. The van der Waals surface area contributed by atoms with Crippen molar-refractivity contribution in [2.24, 2.45) is 0 Å². The molecule has 1 unspecified atom stereocenters. The molecule has 1 N–H and O–H groups in total. The predicted octanol–water partition coefficient (Wildman–Crippen LogP) is 7.82. The van der Waals surface area contributed by atoms with Gasteiger partial charge in [0.25, 0.3) is 0 Å². The summed E-state index contributed by atoms with van der Waals surface area (Å²) < 4.78 is 41.1. The first-order valence-electron chi connectivity index (χ1n) is 8.34. The molecule has 0 aliphatic carbocycles. The molecule has 2 aromatic carbocycles. The summed E-state index contributed by atoms with van der Waals surface area (Å²) in [7, 11) is 0. The first-order valence-corrected chi connectivity index (χ1v) is 10.3. The van der Waals surface area contributed by atoms with Gasteiger partial charge < -0.3 is 5.11 Å². The summed E-state index contributed by atoms with van der Waals surface area (Å²) in [4.78, 5) is 22.7. The summed E-state index contributed by atoms with van der Waals surface area (Å²) in [6.45, 7) is 0. The van der Waals surface area contributed by atoms with Crippen LogP contribution in [-0.4, -0.2) is 23.0 Å². The number of benzene rings is 2. The Balaban J connectivity index is 2.31. The van der Waals surface area contributed by atoms with Gasteiger partial charge in [-0.25, -0.2) is 0 Å². The third-order valence-electron chi connectivity index (χ3n) is 4.06. The molecule has 0 saturated carbocycles. The molecule has 30 heavy (non-hydrogen) atoms. The zero-order chi connectivity index (χ0) is 22.6. The van der Waals surface area contributed by atoms with Gasteiger partial charge in [0.05, 0.1) is 27.4 Å². The maximum atomic E-state index is 13.6. The quantitative estimate of drug-likeness (QED) is 0.286. The molecule has 0 amide bonds. The number of aliphatic carboxylic acids is 1. The van der Waals surface area contributed by atoms with Crippen molar-refractivity contribution in [3.05, 3.63) is 72.6 Å². The molecular formula is C20H13BrCl3F3O3. The van der Waals surface area contributed by atoms with Crippen molar-refractivity contribution in [2.75, 3.05) is 0 Å². The van der Waals surface area contributed by atoms with Crippen molar-refractivity contribution in [1.29, 1.82) is 0 Å². The second-order valence-electron chi connectivity index (χ2n) is 6.23. The van der Waals surface area contributed by atoms with Crippen LogP contribution in [0, 0.1) is 0 Å². The van der Waals surface area contributed by atoms with Gasteiger partial charge in [0.1, 0.15) is 0 Å². The van der Waals surface area contributed by atoms with E-state index in [1.165, 1.54) is 24.3 Å². The summed E-state index contributed by atoms with van der Waals surface area (Å²) in [6.07, 6.45) is -2.90. The number of alkyl halides is 3. The van der Waals surface area contributed by atoms with Crippen LogP contribution in [0.4, 0.5) is 13.2 Å². The molecule has 1 atom stereocenters. The lowest BCUT2D eigenvalue weighted by atomic mass is 9.96. The summed E-state index contributed by atoms with van der Waals surface area (Å²) in [6, 6.07) is 6.58. The van der Waals surface area contributed by atoms with Crippen LogP contribution in [0.25, 0.3) is 6.08 Å². The van der Waals surface area contributed by atoms with E-state index in [-0.39, 0.29) is 39.0 Å². The minimum Gasteiger partial charge on any atom is -0.481 e. The highest BCUT2D eigenvalue weighted by molar-refractivity contribution is 9.10. The zero-order valence-electron chi connectivity index (χ0n) is 14.9. The monoisotopic (exact) mass is 542 g/mol. The zero-order valence-corrected chi connectivity index (χ0v) is 18.8. The maximum Gasteiger partial charge on any atom is 0.399 e. The lowest BCUT2D eigenvalue weighted by Crippen LogP contribution is -2.19. The van der Waals surface area contributed by atoms with Gasteiger partial charge in [-0.3, -0.25) is 9.59 Å². The largest absolute Gasteiger partial charge is 0.481 e. The molecule has 2 rings (SSSR count). The van der Waals surface area contributed by atoms with Gasteiger partial charge >= 0.3 is 12.1 Å². The molecule has 0 radical (unpaired) electrons. The molecule has 0 saturated heterocycles. The van der Waals surface area contributed by atoms with Crippen molar-refractivity contribution < 1.29 is 27.9 Å². The predicted molar refractivity (Wildman–Crippen MR) is 115 cm³/mol. The number of carboxylic acids is 1. The lowest BCUT2D eigenvalue weighted by Gasteiger charge is -2.18. The SMILES string of the molecule is O=C(O)CCC(=O)c1ccc(/C=C/C(c2cc(Cl)c(Cl)c(Cl)c2)C(F)(F)F)cc1Br. The Morgan fingerprint density at radius 1 is 1.07 bits per heavy atom. The molecule has 2 aromatic rings. The van der Waals surface area contributed by atoms with Crippen molar-refractivity contribution in [3.63, 3.8) is 0 Å². The van der Waals surface area contributed by atoms with E-state index in [9.17, 15) is 22.8 Å². The maximum absolute atomic E-state index is 13.6. The Kier molecular flexibility index (Phi) is 8.39. The Morgan fingerprint density at radius 2 is 1.67 bits per heavy atom. The van der Waals surface area contributed by atoms with Crippen LogP contribution in [0.1, 0.15) is 40.2 Å². The molecule has 0 spiro atoms. The standard InChI is InChI=1S/C20H13BrCl3F3O3/c21-14-7-10(1-3-12(14)17(28)5-6-18(29)30)2-4-13(20(25,26)27)11-8-15(22)19(24)16(23)9-11/h1-4,7-9,13H,5-6H2,(H,29,30)/b4-2+. The Bertz CT molecular complexity index is 984. The third kappa shape index (κ3) is 6.48. The van der Waals surface area contributed by atoms with Crippen LogP contribution in [0.3, 0.4) is 0 Å². The summed E-state index contributed by atoms with van der Waals surface area (Å²) in [5.41, 5.74) is 0.479. The van der Waals surface area contributed by atoms with Crippen LogP contribution < -0.4 is 0 Å². The summed E-state index contributed by atoms with van der Waals surface area (Å²) in [5, 5.41) is 8.46. The van der Waals surface area contributed by atoms with E-state index in [1.807, 2.05) is 0 Å². The van der Waals surface area contributed by atoms with Crippen molar-refractivity contribution >= 4 is 68.6 Å². The first kappa shape index (κ1) is 24.7.